The van der Waals surface area contributed by atoms with E-state index in [0.717, 1.165) is 29.7 Å². The maximum Gasteiger partial charge on any atom is 0.289 e. The standard InChI is InChI=1S/C24H19ClN4O/c1-14(15-7-10-18(25)11-8-15)26-29-24(30)22-13-21(27-28-22)19-12-9-17-6-5-16-3-2-4-20(19)23(16)17/h2-4,7-13H,5-6H2,1H3,(H,27,28)(H,29,30)/b26-14-. The van der Waals surface area contributed by atoms with Crippen LogP contribution in [0.25, 0.3) is 22.0 Å². The Balaban J connectivity index is 1.40. The summed E-state index contributed by atoms with van der Waals surface area (Å²) in [6.45, 7) is 1.83. The van der Waals surface area contributed by atoms with E-state index in [9.17, 15) is 4.79 Å². The third-order valence-electron chi connectivity index (χ3n) is 5.56. The number of aromatic nitrogens is 2. The predicted octanol–water partition coefficient (Wildman–Crippen LogP) is 5.14. The summed E-state index contributed by atoms with van der Waals surface area (Å²) in [5.41, 5.74) is 9.05. The Morgan fingerprint density at radius 2 is 1.83 bits per heavy atom. The largest absolute Gasteiger partial charge is 0.289 e. The van der Waals surface area contributed by atoms with Crippen LogP contribution in [0.5, 0.6) is 0 Å². The second-order valence-corrected chi connectivity index (χ2v) is 7.86. The molecule has 0 spiro atoms. The number of hydrogen-bond donors (Lipinski definition) is 2. The molecule has 0 saturated carbocycles. The normalized spacial score (nSPS) is 13.1. The zero-order valence-electron chi connectivity index (χ0n) is 16.4. The van der Waals surface area contributed by atoms with Gasteiger partial charge >= 0.3 is 0 Å². The van der Waals surface area contributed by atoms with Crippen molar-refractivity contribution in [2.24, 2.45) is 5.10 Å². The summed E-state index contributed by atoms with van der Waals surface area (Å²) in [7, 11) is 0. The number of nitrogens with one attached hydrogen (secondary N) is 2. The summed E-state index contributed by atoms with van der Waals surface area (Å²) in [4.78, 5) is 12.6. The minimum atomic E-state index is -0.340. The van der Waals surface area contributed by atoms with Crippen molar-refractivity contribution in [1.29, 1.82) is 0 Å². The van der Waals surface area contributed by atoms with Gasteiger partial charge < -0.3 is 0 Å². The molecule has 0 atom stereocenters. The van der Waals surface area contributed by atoms with E-state index < -0.39 is 0 Å². The molecule has 5 nitrogen and oxygen atoms in total. The van der Waals surface area contributed by atoms with E-state index >= 15 is 0 Å². The minimum absolute atomic E-state index is 0.340. The van der Waals surface area contributed by atoms with Gasteiger partial charge in [-0.05, 0) is 65.4 Å². The molecule has 0 bridgehead atoms. The van der Waals surface area contributed by atoms with Crippen LogP contribution in [-0.4, -0.2) is 21.8 Å². The number of carbonyl (C=O) groups is 1. The smallest absolute Gasteiger partial charge is 0.272 e. The van der Waals surface area contributed by atoms with Gasteiger partial charge in [-0.1, -0.05) is 54.1 Å². The number of rotatable bonds is 4. The predicted molar refractivity (Wildman–Crippen MR) is 120 cm³/mol. The van der Waals surface area contributed by atoms with Gasteiger partial charge in [0.2, 0.25) is 0 Å². The van der Waals surface area contributed by atoms with Crippen LogP contribution in [0.4, 0.5) is 0 Å². The molecule has 1 heterocycles. The molecule has 1 aliphatic rings. The van der Waals surface area contributed by atoms with Crippen molar-refractivity contribution in [2.75, 3.05) is 0 Å². The summed E-state index contributed by atoms with van der Waals surface area (Å²) in [6.07, 6.45) is 2.16. The molecule has 6 heteroatoms. The van der Waals surface area contributed by atoms with Crippen molar-refractivity contribution in [3.05, 3.63) is 88.1 Å². The topological polar surface area (TPSA) is 70.1 Å². The van der Waals surface area contributed by atoms with E-state index in [1.165, 1.54) is 21.9 Å². The molecule has 1 amide bonds. The fourth-order valence-corrected chi connectivity index (χ4v) is 4.12. The molecule has 148 valence electrons. The average molecular weight is 415 g/mol. The molecule has 1 aliphatic carbocycles. The Morgan fingerprint density at radius 1 is 1.07 bits per heavy atom. The Labute approximate surface area is 178 Å². The van der Waals surface area contributed by atoms with E-state index in [1.807, 2.05) is 19.1 Å². The van der Waals surface area contributed by atoms with E-state index in [0.29, 0.717) is 16.4 Å². The number of halogens is 1. The van der Waals surface area contributed by atoms with Crippen LogP contribution in [0.15, 0.2) is 65.8 Å². The van der Waals surface area contributed by atoms with Gasteiger partial charge in [-0.2, -0.15) is 10.2 Å². The van der Waals surface area contributed by atoms with Gasteiger partial charge in [0, 0.05) is 10.6 Å². The van der Waals surface area contributed by atoms with E-state index in [4.69, 9.17) is 11.6 Å². The molecule has 0 fully saturated rings. The van der Waals surface area contributed by atoms with Gasteiger partial charge in [-0.25, -0.2) is 5.43 Å². The Kier molecular flexibility index (Phi) is 4.60. The quantitative estimate of drug-likeness (QED) is 0.358. The second kappa shape index (κ2) is 7.43. The Morgan fingerprint density at radius 3 is 2.63 bits per heavy atom. The Hall–Kier alpha value is -3.44. The highest BCUT2D eigenvalue weighted by Crippen LogP contribution is 2.36. The number of benzene rings is 3. The van der Waals surface area contributed by atoms with Gasteiger partial charge in [-0.3, -0.25) is 9.89 Å². The van der Waals surface area contributed by atoms with Crippen LogP contribution in [0.2, 0.25) is 5.02 Å². The number of hydrazone groups is 1. The molecule has 0 radical (unpaired) electrons. The fraction of sp³-hybridized carbons (Fsp3) is 0.125. The first-order valence-corrected chi connectivity index (χ1v) is 10.2. The summed E-state index contributed by atoms with van der Waals surface area (Å²) < 4.78 is 0. The second-order valence-electron chi connectivity index (χ2n) is 7.42. The van der Waals surface area contributed by atoms with Gasteiger partial charge in [0.25, 0.3) is 5.91 Å². The SMILES string of the molecule is C/C(=N/NC(=O)c1cc(-c2ccc3c4c(cccc24)CC3)n[nH]1)c1ccc(Cl)cc1. The number of carbonyl (C=O) groups excluding carboxylic acids is 1. The highest BCUT2D eigenvalue weighted by molar-refractivity contribution is 6.30. The maximum atomic E-state index is 12.6. The van der Waals surface area contributed by atoms with Gasteiger partial charge in [0.15, 0.2) is 0 Å². The lowest BCUT2D eigenvalue weighted by Gasteiger charge is -2.06. The average Bonchev–Trinajstić information content (AvgIpc) is 3.42. The first-order chi connectivity index (χ1) is 14.6. The highest BCUT2D eigenvalue weighted by Gasteiger charge is 2.18. The summed E-state index contributed by atoms with van der Waals surface area (Å²) in [6, 6.07) is 19.7. The Bertz CT molecular complexity index is 1290. The number of aromatic amines is 1. The van der Waals surface area contributed by atoms with E-state index in [-0.39, 0.29) is 5.91 Å². The fourth-order valence-electron chi connectivity index (χ4n) is 4.00. The van der Waals surface area contributed by atoms with Gasteiger partial charge in [0.05, 0.1) is 11.4 Å². The van der Waals surface area contributed by atoms with Crippen LogP contribution >= 0.6 is 11.6 Å². The van der Waals surface area contributed by atoms with Crippen LogP contribution in [-0.2, 0) is 12.8 Å². The number of nitrogens with zero attached hydrogens (tertiary/aromatic N) is 2. The lowest BCUT2D eigenvalue weighted by Crippen LogP contribution is -2.19. The molecule has 4 aromatic rings. The van der Waals surface area contributed by atoms with Crippen molar-refractivity contribution in [3.63, 3.8) is 0 Å². The van der Waals surface area contributed by atoms with Crippen molar-refractivity contribution in [3.8, 4) is 11.3 Å². The summed E-state index contributed by atoms with van der Waals surface area (Å²) >= 11 is 5.91. The van der Waals surface area contributed by atoms with Crippen molar-refractivity contribution < 1.29 is 4.79 Å². The molecule has 0 aliphatic heterocycles. The minimum Gasteiger partial charge on any atom is -0.272 e. The van der Waals surface area contributed by atoms with Gasteiger partial charge in [0.1, 0.15) is 5.69 Å². The molecular formula is C24H19ClN4O. The third kappa shape index (κ3) is 3.27. The number of H-pyrrole nitrogens is 1. The molecular weight excluding hydrogens is 396 g/mol. The van der Waals surface area contributed by atoms with E-state index in [1.54, 1.807) is 18.2 Å². The van der Waals surface area contributed by atoms with Crippen LogP contribution < -0.4 is 5.43 Å². The van der Waals surface area contributed by atoms with Crippen molar-refractivity contribution in [2.45, 2.75) is 19.8 Å². The summed E-state index contributed by atoms with van der Waals surface area (Å²) in [5.74, 6) is -0.340. The van der Waals surface area contributed by atoms with Gasteiger partial charge in [-0.15, -0.1) is 0 Å². The number of amides is 1. The first-order valence-electron chi connectivity index (χ1n) is 9.80. The molecule has 0 saturated heterocycles. The van der Waals surface area contributed by atoms with Crippen molar-refractivity contribution >= 4 is 34.0 Å². The maximum absolute atomic E-state index is 12.6. The molecule has 0 unspecified atom stereocenters. The molecule has 1 aromatic heterocycles. The lowest BCUT2D eigenvalue weighted by atomic mass is 9.98. The number of hydrogen-bond acceptors (Lipinski definition) is 3. The molecule has 3 aromatic carbocycles. The van der Waals surface area contributed by atoms with Crippen LogP contribution in [0.3, 0.4) is 0 Å². The summed E-state index contributed by atoms with van der Waals surface area (Å²) in [5, 5.41) is 14.6. The monoisotopic (exact) mass is 414 g/mol. The first kappa shape index (κ1) is 18.6. The zero-order chi connectivity index (χ0) is 20.7. The third-order valence-corrected chi connectivity index (χ3v) is 5.81. The molecule has 2 N–H and O–H groups in total. The lowest BCUT2D eigenvalue weighted by molar-refractivity contribution is 0.0950. The van der Waals surface area contributed by atoms with Crippen molar-refractivity contribution in [1.82, 2.24) is 15.6 Å². The van der Waals surface area contributed by atoms with E-state index in [2.05, 4.69) is 51.1 Å². The van der Waals surface area contributed by atoms with Crippen LogP contribution in [0, 0.1) is 0 Å². The molecule has 5 rings (SSSR count). The zero-order valence-corrected chi connectivity index (χ0v) is 17.1. The van der Waals surface area contributed by atoms with Crippen LogP contribution in [0.1, 0.15) is 34.1 Å². The molecule has 30 heavy (non-hydrogen) atoms. The number of aryl methyl sites for hydroxylation is 2. The highest BCUT2D eigenvalue weighted by atomic mass is 35.5.